The third-order valence-corrected chi connectivity index (χ3v) is 2.51. The molecule has 0 unspecified atom stereocenters. The van der Waals surface area contributed by atoms with E-state index in [2.05, 4.69) is 15.6 Å². The first-order valence-corrected chi connectivity index (χ1v) is 5.83. The number of nitro benzene ring substituents is 1. The van der Waals surface area contributed by atoms with E-state index >= 15 is 0 Å². The number of aromatic nitrogens is 1. The van der Waals surface area contributed by atoms with Crippen LogP contribution in [0.25, 0.3) is 0 Å². The molecule has 0 atom stereocenters. The van der Waals surface area contributed by atoms with E-state index in [4.69, 9.17) is 0 Å². The maximum Gasteiger partial charge on any atom is 0.319 e. The summed E-state index contributed by atoms with van der Waals surface area (Å²) < 4.78 is 0. The van der Waals surface area contributed by atoms with Gasteiger partial charge in [-0.15, -0.1) is 0 Å². The zero-order chi connectivity index (χ0) is 14.4. The Morgan fingerprint density at radius 2 is 1.91 bits per heavy atom. The standard InChI is InChI=1S/C13H12N4O3.Cd.ClH/c18-13(15-9-10-2-1-7-14-8-10)16-11-3-5-12(6-4-11)17(19)20;;/h1-8H,9H2,(H2,15,16,18);;1H/p-1. The molecular weight excluding hydrogens is 408 g/mol. The van der Waals surface area contributed by atoms with Crippen molar-refractivity contribution in [3.8, 4) is 0 Å². The molecule has 0 saturated heterocycles. The van der Waals surface area contributed by atoms with Gasteiger partial charge in [-0.3, -0.25) is 15.1 Å². The smallest absolute Gasteiger partial charge is 0.319 e. The predicted molar refractivity (Wildman–Crippen MR) is 73.2 cm³/mol. The van der Waals surface area contributed by atoms with E-state index in [0.29, 0.717) is 12.2 Å². The van der Waals surface area contributed by atoms with E-state index in [1.165, 1.54) is 24.3 Å². The number of nitro groups is 1. The summed E-state index contributed by atoms with van der Waals surface area (Å²) >= 11 is 0. The van der Waals surface area contributed by atoms with Gasteiger partial charge in [-0.2, -0.15) is 0 Å². The summed E-state index contributed by atoms with van der Waals surface area (Å²) in [5, 5.41) is 15.7. The van der Waals surface area contributed by atoms with Crippen molar-refractivity contribution in [3.05, 3.63) is 64.5 Å². The molecule has 22 heavy (non-hydrogen) atoms. The molecule has 1 heterocycles. The van der Waals surface area contributed by atoms with Crippen molar-refractivity contribution in [3.63, 3.8) is 0 Å². The molecule has 9 heteroatoms. The number of rotatable bonds is 4. The largest absolute Gasteiger partial charge is 1.00 e. The molecule has 0 radical (unpaired) electrons. The van der Waals surface area contributed by atoms with Gasteiger partial charge in [0, 0.05) is 64.1 Å². The number of non-ortho nitro benzene ring substituents is 1. The first kappa shape index (κ1) is 20.3. The molecule has 7 nitrogen and oxygen atoms in total. The fourth-order valence-electron chi connectivity index (χ4n) is 1.53. The van der Waals surface area contributed by atoms with Gasteiger partial charge in [-0.25, -0.2) is 4.79 Å². The summed E-state index contributed by atoms with van der Waals surface area (Å²) in [4.78, 5) is 25.6. The van der Waals surface area contributed by atoms with Crippen LogP contribution in [0.3, 0.4) is 0 Å². The van der Waals surface area contributed by atoms with Gasteiger partial charge in [0.1, 0.15) is 0 Å². The number of amides is 2. The Hall–Kier alpha value is -1.75. The molecule has 2 aromatic rings. The SMILES string of the molecule is O=C(NCc1cccnc1)Nc1ccc([N+](=O)[O-])cc1.[Cd].[Cl-]. The number of urea groups is 1. The van der Waals surface area contributed by atoms with Crippen LogP contribution in [0.15, 0.2) is 48.8 Å². The number of pyridine rings is 1. The van der Waals surface area contributed by atoms with Gasteiger partial charge in [-0.1, -0.05) is 6.07 Å². The van der Waals surface area contributed by atoms with Gasteiger partial charge in [0.05, 0.1) is 4.92 Å². The molecule has 0 saturated carbocycles. The van der Waals surface area contributed by atoms with Gasteiger partial charge in [-0.05, 0) is 23.8 Å². The second-order valence-electron chi connectivity index (χ2n) is 3.97. The number of halogens is 1. The molecule has 1 aromatic heterocycles. The van der Waals surface area contributed by atoms with E-state index in [-0.39, 0.29) is 51.4 Å². The van der Waals surface area contributed by atoms with Crippen molar-refractivity contribution in [2.45, 2.75) is 6.54 Å². The van der Waals surface area contributed by atoms with Crippen LogP contribution in [-0.2, 0) is 33.8 Å². The van der Waals surface area contributed by atoms with E-state index < -0.39 is 4.92 Å². The fraction of sp³-hybridized carbons (Fsp3) is 0.0769. The van der Waals surface area contributed by atoms with Gasteiger partial charge in [0.2, 0.25) is 0 Å². The minimum Gasteiger partial charge on any atom is -1.00 e. The van der Waals surface area contributed by atoms with Gasteiger partial charge >= 0.3 is 6.03 Å². The van der Waals surface area contributed by atoms with E-state index in [0.717, 1.165) is 5.56 Å². The number of benzene rings is 1. The molecular formula is C13H12CdClN4O3-. The van der Waals surface area contributed by atoms with Crippen molar-refractivity contribution >= 4 is 17.4 Å². The number of nitrogens with zero attached hydrogens (tertiary/aromatic N) is 2. The Bertz CT molecular complexity index is 610. The Balaban J connectivity index is 0.00000220. The van der Waals surface area contributed by atoms with Gasteiger partial charge in [0.15, 0.2) is 0 Å². The van der Waals surface area contributed by atoms with E-state index in [1.807, 2.05) is 6.07 Å². The quantitative estimate of drug-likeness (QED) is 0.389. The molecule has 0 aliphatic rings. The van der Waals surface area contributed by atoms with E-state index in [1.54, 1.807) is 18.5 Å². The number of anilines is 1. The van der Waals surface area contributed by atoms with Crippen LogP contribution in [0.4, 0.5) is 16.2 Å². The number of carbonyl (C=O) groups excluding carboxylic acids is 1. The number of nitrogens with one attached hydrogen (secondary N) is 2. The minimum atomic E-state index is -0.494. The molecule has 2 rings (SSSR count). The predicted octanol–water partition coefficient (Wildman–Crippen LogP) is -0.687. The van der Waals surface area contributed by atoms with Crippen molar-refractivity contribution in [2.24, 2.45) is 0 Å². The third-order valence-electron chi connectivity index (χ3n) is 2.51. The van der Waals surface area contributed by atoms with Crippen LogP contribution in [0.2, 0.25) is 0 Å². The van der Waals surface area contributed by atoms with Crippen LogP contribution >= 0.6 is 0 Å². The van der Waals surface area contributed by atoms with Crippen molar-refractivity contribution in [2.75, 3.05) is 5.32 Å². The topological polar surface area (TPSA) is 97.2 Å². The Morgan fingerprint density at radius 1 is 1.23 bits per heavy atom. The number of carbonyl (C=O) groups is 1. The fourth-order valence-corrected chi connectivity index (χ4v) is 1.53. The first-order valence-electron chi connectivity index (χ1n) is 5.83. The molecule has 0 fully saturated rings. The number of hydrogen-bond acceptors (Lipinski definition) is 4. The van der Waals surface area contributed by atoms with Crippen LogP contribution < -0.4 is 23.0 Å². The van der Waals surface area contributed by atoms with Crippen molar-refractivity contribution < 1.29 is 49.4 Å². The summed E-state index contributed by atoms with van der Waals surface area (Å²) in [6, 6.07) is 8.85. The summed E-state index contributed by atoms with van der Waals surface area (Å²) in [6.45, 7) is 0.354. The second-order valence-corrected chi connectivity index (χ2v) is 3.97. The van der Waals surface area contributed by atoms with Crippen molar-refractivity contribution in [1.82, 2.24) is 10.3 Å². The van der Waals surface area contributed by atoms with Crippen LogP contribution in [-0.4, -0.2) is 15.9 Å². The zero-order valence-electron chi connectivity index (χ0n) is 11.5. The Morgan fingerprint density at radius 3 is 2.45 bits per heavy atom. The van der Waals surface area contributed by atoms with Crippen LogP contribution in [0, 0.1) is 10.1 Å². The summed E-state index contributed by atoms with van der Waals surface area (Å²) in [5.41, 5.74) is 1.34. The van der Waals surface area contributed by atoms with Gasteiger partial charge < -0.3 is 23.0 Å². The monoisotopic (exact) mass is 421 g/mol. The van der Waals surface area contributed by atoms with Crippen LogP contribution in [0.5, 0.6) is 0 Å². The zero-order valence-corrected chi connectivity index (χ0v) is 16.3. The first-order chi connectivity index (χ1) is 9.65. The normalized spacial score (nSPS) is 8.91. The molecule has 0 aliphatic carbocycles. The number of hydrogen-bond donors (Lipinski definition) is 2. The average Bonchev–Trinajstić information content (AvgIpc) is 2.47. The summed E-state index contributed by atoms with van der Waals surface area (Å²) in [6.07, 6.45) is 3.31. The van der Waals surface area contributed by atoms with Crippen LogP contribution in [0.1, 0.15) is 5.56 Å². The molecule has 112 valence electrons. The third kappa shape index (κ3) is 6.35. The molecule has 2 N–H and O–H groups in total. The van der Waals surface area contributed by atoms with E-state index in [9.17, 15) is 14.9 Å². The van der Waals surface area contributed by atoms with Gasteiger partial charge in [0.25, 0.3) is 5.69 Å². The maximum atomic E-state index is 11.6. The minimum absolute atomic E-state index is 0. The molecule has 0 aliphatic heterocycles. The maximum absolute atomic E-state index is 11.6. The Kier molecular flexibility index (Phi) is 9.26. The molecule has 0 bridgehead atoms. The second kappa shape index (κ2) is 10.1. The molecule has 2 amide bonds. The molecule has 1 aromatic carbocycles. The van der Waals surface area contributed by atoms with Crippen molar-refractivity contribution in [1.29, 1.82) is 0 Å². The Labute approximate surface area is 153 Å². The summed E-state index contributed by atoms with van der Waals surface area (Å²) in [7, 11) is 0. The molecule has 0 spiro atoms. The average molecular weight is 420 g/mol. The summed E-state index contributed by atoms with van der Waals surface area (Å²) in [5.74, 6) is 0.